The molecule has 2 aliphatic rings. The fourth-order valence-electron chi connectivity index (χ4n) is 4.84. The third-order valence-corrected chi connectivity index (χ3v) is 6.40. The Kier molecular flexibility index (Phi) is 4.02. The fourth-order valence-corrected chi connectivity index (χ4v) is 4.84. The van der Waals surface area contributed by atoms with Gasteiger partial charge in [-0.15, -0.1) is 0 Å². The SMILES string of the molecule is CCCC1c2cc3ccccc3[n+]([O-])c2-c2cc3c(c(=O)n21)COC(=O)[C@]3(O)CC. The number of carbonyl (C=O) groups excluding carboxylic acids is 1. The molecule has 0 aliphatic carbocycles. The highest BCUT2D eigenvalue weighted by molar-refractivity contribution is 5.85. The lowest BCUT2D eigenvalue weighted by molar-refractivity contribution is -0.565. The van der Waals surface area contributed by atoms with E-state index in [4.69, 9.17) is 4.74 Å². The van der Waals surface area contributed by atoms with E-state index in [9.17, 15) is 19.9 Å². The molecule has 2 aliphatic heterocycles. The summed E-state index contributed by atoms with van der Waals surface area (Å²) in [6, 6.07) is 10.6. The highest BCUT2D eigenvalue weighted by Gasteiger charge is 2.47. The summed E-state index contributed by atoms with van der Waals surface area (Å²) in [6.07, 6.45) is 1.59. The van der Waals surface area contributed by atoms with Crippen LogP contribution in [0, 0.1) is 5.21 Å². The fraction of sp³-hybridized carbons (Fsp3) is 0.348. The molecule has 30 heavy (non-hydrogen) atoms. The molecule has 1 N–H and O–H groups in total. The average molecular weight is 406 g/mol. The number of hydrogen-bond donors (Lipinski definition) is 1. The van der Waals surface area contributed by atoms with Gasteiger partial charge in [-0.05, 0) is 31.0 Å². The largest absolute Gasteiger partial charge is 0.618 e. The van der Waals surface area contributed by atoms with Gasteiger partial charge in [0.05, 0.1) is 17.2 Å². The first-order valence-corrected chi connectivity index (χ1v) is 10.3. The van der Waals surface area contributed by atoms with Gasteiger partial charge in [0, 0.05) is 17.0 Å². The summed E-state index contributed by atoms with van der Waals surface area (Å²) in [5, 5.41) is 25.2. The van der Waals surface area contributed by atoms with Gasteiger partial charge >= 0.3 is 5.97 Å². The summed E-state index contributed by atoms with van der Waals surface area (Å²) < 4.78 is 7.64. The quantitative estimate of drug-likeness (QED) is 0.410. The van der Waals surface area contributed by atoms with Gasteiger partial charge in [-0.3, -0.25) is 9.36 Å². The Labute approximate surface area is 172 Å². The zero-order valence-electron chi connectivity index (χ0n) is 16.8. The molecule has 1 aromatic carbocycles. The van der Waals surface area contributed by atoms with Crippen molar-refractivity contribution in [1.29, 1.82) is 0 Å². The number of aromatic nitrogens is 2. The average Bonchev–Trinajstić information content (AvgIpc) is 3.06. The third-order valence-electron chi connectivity index (χ3n) is 6.40. The van der Waals surface area contributed by atoms with E-state index >= 15 is 0 Å². The lowest BCUT2D eigenvalue weighted by Gasteiger charge is -2.32. The molecule has 5 rings (SSSR count). The van der Waals surface area contributed by atoms with E-state index in [2.05, 4.69) is 0 Å². The van der Waals surface area contributed by atoms with Gasteiger partial charge < -0.3 is 15.1 Å². The first-order valence-electron chi connectivity index (χ1n) is 10.3. The molecular weight excluding hydrogens is 384 g/mol. The van der Waals surface area contributed by atoms with E-state index in [1.807, 2.05) is 25.1 Å². The minimum Gasteiger partial charge on any atom is -0.618 e. The number of benzene rings is 1. The molecule has 4 heterocycles. The molecule has 0 amide bonds. The van der Waals surface area contributed by atoms with Gasteiger partial charge in [0.1, 0.15) is 12.3 Å². The predicted molar refractivity (Wildman–Crippen MR) is 110 cm³/mol. The summed E-state index contributed by atoms with van der Waals surface area (Å²) in [6.45, 7) is 3.52. The molecule has 7 nitrogen and oxygen atoms in total. The molecular formula is C23H22N2O5. The highest BCUT2D eigenvalue weighted by atomic mass is 16.6. The van der Waals surface area contributed by atoms with Crippen LogP contribution in [0.25, 0.3) is 22.3 Å². The monoisotopic (exact) mass is 406 g/mol. The third kappa shape index (κ3) is 2.26. The van der Waals surface area contributed by atoms with E-state index < -0.39 is 11.6 Å². The number of fused-ring (bicyclic) bond motifs is 5. The maximum atomic E-state index is 13.5. The topological polar surface area (TPSA) is 95.5 Å². The molecule has 2 aromatic heterocycles. The smallest absolute Gasteiger partial charge is 0.343 e. The van der Waals surface area contributed by atoms with Crippen LogP contribution < -0.4 is 10.3 Å². The molecule has 1 unspecified atom stereocenters. The van der Waals surface area contributed by atoms with Crippen molar-refractivity contribution in [1.82, 2.24) is 4.57 Å². The normalized spacial score (nSPS) is 21.8. The van der Waals surface area contributed by atoms with Crippen molar-refractivity contribution in [3.05, 3.63) is 68.6 Å². The van der Waals surface area contributed by atoms with E-state index in [0.29, 0.717) is 23.3 Å². The number of nitrogens with zero attached hydrogens (tertiary/aromatic N) is 2. The van der Waals surface area contributed by atoms with Crippen LogP contribution >= 0.6 is 0 Å². The number of rotatable bonds is 3. The maximum Gasteiger partial charge on any atom is 0.343 e. The molecule has 154 valence electrons. The van der Waals surface area contributed by atoms with Gasteiger partial charge in [0.25, 0.3) is 5.56 Å². The highest BCUT2D eigenvalue weighted by Crippen LogP contribution is 2.43. The van der Waals surface area contributed by atoms with Gasteiger partial charge in [0.2, 0.25) is 11.2 Å². The molecule has 3 aromatic rings. The van der Waals surface area contributed by atoms with Crippen LogP contribution in [0.2, 0.25) is 0 Å². The Bertz CT molecular complexity index is 1280. The van der Waals surface area contributed by atoms with Crippen molar-refractivity contribution in [3.63, 3.8) is 0 Å². The van der Waals surface area contributed by atoms with Gasteiger partial charge in [-0.2, -0.15) is 4.73 Å². The molecule has 2 atom stereocenters. The molecule has 0 saturated carbocycles. The molecule has 0 spiro atoms. The summed E-state index contributed by atoms with van der Waals surface area (Å²) in [5.74, 6) is -0.765. The van der Waals surface area contributed by atoms with Crippen LogP contribution in [0.15, 0.2) is 41.2 Å². The standard InChI is InChI=1S/C23H22N2O5/c1-3-7-18-14-10-13-8-5-6-9-17(13)25(29)20(14)19-11-16-15(21(26)24(18)19)12-30-22(27)23(16,28)4-2/h5-6,8-11,18,28H,3-4,7,12H2,1-2H3/t18?,23-/m0/s1. The molecule has 0 saturated heterocycles. The number of aliphatic hydroxyl groups is 1. The first kappa shape index (κ1) is 18.8. The van der Waals surface area contributed by atoms with E-state index in [-0.39, 0.29) is 35.8 Å². The second-order valence-electron chi connectivity index (χ2n) is 7.99. The first-order chi connectivity index (χ1) is 14.4. The lowest BCUT2D eigenvalue weighted by Crippen LogP contribution is -2.44. The maximum absolute atomic E-state index is 13.5. The Hall–Kier alpha value is -3.19. The van der Waals surface area contributed by atoms with Gasteiger partial charge in [0.15, 0.2) is 5.60 Å². The van der Waals surface area contributed by atoms with Crippen LogP contribution in [-0.2, 0) is 21.7 Å². The van der Waals surface area contributed by atoms with Crippen molar-refractivity contribution >= 4 is 16.9 Å². The Morgan fingerprint density at radius 3 is 2.77 bits per heavy atom. The van der Waals surface area contributed by atoms with E-state index in [1.54, 1.807) is 29.7 Å². The van der Waals surface area contributed by atoms with Crippen LogP contribution in [0.4, 0.5) is 0 Å². The number of cyclic esters (lactones) is 1. The zero-order valence-corrected chi connectivity index (χ0v) is 16.8. The summed E-state index contributed by atoms with van der Waals surface area (Å²) in [4.78, 5) is 25.9. The molecule has 0 bridgehead atoms. The van der Waals surface area contributed by atoms with Crippen molar-refractivity contribution in [2.24, 2.45) is 0 Å². The predicted octanol–water partition coefficient (Wildman–Crippen LogP) is 2.66. The number of para-hydroxylation sites is 1. The van der Waals surface area contributed by atoms with Crippen molar-refractivity contribution < 1.29 is 19.4 Å². The van der Waals surface area contributed by atoms with Gasteiger partial charge in [-0.1, -0.05) is 32.4 Å². The van der Waals surface area contributed by atoms with Crippen LogP contribution in [0.5, 0.6) is 0 Å². The number of hydrogen-bond acceptors (Lipinski definition) is 5. The Morgan fingerprint density at radius 2 is 2.03 bits per heavy atom. The Morgan fingerprint density at radius 1 is 1.27 bits per heavy atom. The minimum absolute atomic E-state index is 0.0715. The summed E-state index contributed by atoms with van der Waals surface area (Å²) >= 11 is 0. The van der Waals surface area contributed by atoms with Crippen LogP contribution in [0.3, 0.4) is 0 Å². The lowest BCUT2D eigenvalue weighted by atomic mass is 9.86. The van der Waals surface area contributed by atoms with Crippen molar-refractivity contribution in [3.8, 4) is 11.4 Å². The second kappa shape index (κ2) is 6.40. The summed E-state index contributed by atoms with van der Waals surface area (Å²) in [5.41, 5.74) is 0.454. The molecule has 0 fully saturated rings. The Balaban J connectivity index is 1.89. The molecule has 0 radical (unpaired) electrons. The van der Waals surface area contributed by atoms with E-state index in [0.717, 1.165) is 22.1 Å². The van der Waals surface area contributed by atoms with Gasteiger partial charge in [-0.25, -0.2) is 4.79 Å². The minimum atomic E-state index is -1.89. The number of ether oxygens (including phenoxy) is 1. The van der Waals surface area contributed by atoms with Crippen molar-refractivity contribution in [2.75, 3.05) is 0 Å². The summed E-state index contributed by atoms with van der Waals surface area (Å²) in [7, 11) is 0. The van der Waals surface area contributed by atoms with Crippen LogP contribution in [0.1, 0.15) is 55.8 Å². The van der Waals surface area contributed by atoms with Crippen LogP contribution in [-0.4, -0.2) is 15.6 Å². The zero-order chi connectivity index (χ0) is 21.2. The van der Waals surface area contributed by atoms with E-state index in [1.165, 1.54) is 0 Å². The second-order valence-corrected chi connectivity index (χ2v) is 7.99. The van der Waals surface area contributed by atoms with Crippen molar-refractivity contribution in [2.45, 2.75) is 51.4 Å². The number of carbonyl (C=O) groups is 1. The molecule has 7 heteroatoms. The number of pyridine rings is 2. The number of esters is 1.